The van der Waals surface area contributed by atoms with Crippen LogP contribution in [-0.2, 0) is 9.59 Å². The third kappa shape index (κ3) is 3.32. The number of hydrogen-bond donors (Lipinski definition) is 2. The number of hydrogen-bond acceptors (Lipinski definition) is 5. The van der Waals surface area contributed by atoms with Gasteiger partial charge in [0, 0.05) is 23.5 Å². The average molecular weight is 385 g/mol. The fraction of sp³-hybridized carbons (Fsp3) is 0.316. The van der Waals surface area contributed by atoms with Crippen molar-refractivity contribution in [2.75, 3.05) is 16.4 Å². The standard InChI is InChI=1S/C19H19N3O4S/c1-19-9-8-16(23)22(19)14(11-27-19)17(24)20-12-4-6-13(7-5-12)21-18(25)15-3-2-10-26-15/h2-7,10,14H,8-9,11H2,1H3,(H,20,24)(H,21,25). The molecule has 1 aromatic heterocycles. The fourth-order valence-corrected chi connectivity index (χ4v) is 4.91. The average Bonchev–Trinajstić information content (AvgIpc) is 3.35. The summed E-state index contributed by atoms with van der Waals surface area (Å²) in [7, 11) is 0. The van der Waals surface area contributed by atoms with Crippen molar-refractivity contribution in [3.05, 3.63) is 48.4 Å². The SMILES string of the molecule is CC12CCC(=O)N1C(C(=O)Nc1ccc(NC(=O)c3ccco3)cc1)CS2. The van der Waals surface area contributed by atoms with Gasteiger partial charge in [0.15, 0.2) is 5.76 Å². The van der Waals surface area contributed by atoms with Crippen molar-refractivity contribution in [1.82, 2.24) is 4.90 Å². The molecule has 7 nitrogen and oxygen atoms in total. The van der Waals surface area contributed by atoms with Crippen LogP contribution in [0.2, 0.25) is 0 Å². The van der Waals surface area contributed by atoms with Gasteiger partial charge in [0.25, 0.3) is 5.91 Å². The Bertz CT molecular complexity index is 881. The summed E-state index contributed by atoms with van der Waals surface area (Å²) in [5.41, 5.74) is 1.20. The predicted octanol–water partition coefficient (Wildman–Crippen LogP) is 2.92. The van der Waals surface area contributed by atoms with E-state index < -0.39 is 6.04 Å². The number of nitrogens with zero attached hydrogens (tertiary/aromatic N) is 1. The maximum atomic E-state index is 12.7. The number of nitrogens with one attached hydrogen (secondary N) is 2. The highest BCUT2D eigenvalue weighted by molar-refractivity contribution is 8.01. The lowest BCUT2D eigenvalue weighted by atomic mass is 10.2. The van der Waals surface area contributed by atoms with Crippen LogP contribution in [0.4, 0.5) is 11.4 Å². The smallest absolute Gasteiger partial charge is 0.291 e. The normalized spacial score (nSPS) is 24.0. The van der Waals surface area contributed by atoms with Crippen LogP contribution in [0.3, 0.4) is 0 Å². The Hall–Kier alpha value is -2.74. The van der Waals surface area contributed by atoms with Gasteiger partial charge < -0.3 is 20.0 Å². The third-order valence-corrected chi connectivity index (χ3v) is 6.41. The number of fused-ring (bicyclic) bond motifs is 1. The lowest BCUT2D eigenvalue weighted by molar-refractivity contribution is -0.135. The van der Waals surface area contributed by atoms with E-state index >= 15 is 0 Å². The van der Waals surface area contributed by atoms with Gasteiger partial charge in [-0.15, -0.1) is 11.8 Å². The summed E-state index contributed by atoms with van der Waals surface area (Å²) in [6.45, 7) is 2.02. The Morgan fingerprint density at radius 2 is 1.89 bits per heavy atom. The fourth-order valence-electron chi connectivity index (χ4n) is 3.48. The molecule has 4 rings (SSSR count). The summed E-state index contributed by atoms with van der Waals surface area (Å²) in [6.07, 6.45) is 2.71. The number of thioether (sulfide) groups is 1. The summed E-state index contributed by atoms with van der Waals surface area (Å²) in [5, 5.41) is 5.58. The molecule has 0 bridgehead atoms. The van der Waals surface area contributed by atoms with Gasteiger partial charge in [-0.05, 0) is 49.7 Å². The molecule has 0 aliphatic carbocycles. The van der Waals surface area contributed by atoms with Crippen molar-refractivity contribution in [3.63, 3.8) is 0 Å². The first-order chi connectivity index (χ1) is 13.0. The zero-order valence-corrected chi connectivity index (χ0v) is 15.5. The highest BCUT2D eigenvalue weighted by atomic mass is 32.2. The number of carbonyl (C=O) groups is 3. The van der Waals surface area contributed by atoms with Crippen molar-refractivity contribution in [1.29, 1.82) is 0 Å². The summed E-state index contributed by atoms with van der Waals surface area (Å²) >= 11 is 1.66. The van der Waals surface area contributed by atoms with E-state index in [0.29, 0.717) is 23.5 Å². The van der Waals surface area contributed by atoms with Crippen LogP contribution in [-0.4, -0.2) is 39.3 Å². The van der Waals surface area contributed by atoms with E-state index in [1.54, 1.807) is 53.1 Å². The molecule has 2 aromatic rings. The minimum Gasteiger partial charge on any atom is -0.459 e. The first kappa shape index (κ1) is 17.7. The second-order valence-electron chi connectivity index (χ2n) is 6.76. The first-order valence-electron chi connectivity index (χ1n) is 8.68. The second-order valence-corrected chi connectivity index (χ2v) is 8.27. The molecule has 2 unspecified atom stereocenters. The Morgan fingerprint density at radius 1 is 1.19 bits per heavy atom. The molecule has 2 aliphatic heterocycles. The Labute approximate surface area is 160 Å². The molecule has 1 aromatic carbocycles. The largest absolute Gasteiger partial charge is 0.459 e. The molecule has 0 spiro atoms. The van der Waals surface area contributed by atoms with Crippen LogP contribution in [0.5, 0.6) is 0 Å². The number of carbonyl (C=O) groups excluding carboxylic acids is 3. The van der Waals surface area contributed by atoms with Crippen molar-refractivity contribution >= 4 is 40.9 Å². The Morgan fingerprint density at radius 3 is 2.56 bits per heavy atom. The molecule has 0 saturated carbocycles. The summed E-state index contributed by atoms with van der Waals surface area (Å²) in [5.74, 6) is 0.342. The van der Waals surface area contributed by atoms with Gasteiger partial charge in [0.1, 0.15) is 6.04 Å². The Kier molecular flexibility index (Phi) is 4.43. The molecule has 8 heteroatoms. The maximum Gasteiger partial charge on any atom is 0.291 e. The van der Waals surface area contributed by atoms with Crippen LogP contribution in [0.25, 0.3) is 0 Å². The molecule has 2 atom stereocenters. The van der Waals surface area contributed by atoms with Crippen LogP contribution in [0.15, 0.2) is 47.1 Å². The molecule has 3 heterocycles. The van der Waals surface area contributed by atoms with Gasteiger partial charge in [-0.1, -0.05) is 0 Å². The van der Waals surface area contributed by atoms with Crippen molar-refractivity contribution in [3.8, 4) is 0 Å². The van der Waals surface area contributed by atoms with E-state index in [0.717, 1.165) is 6.42 Å². The zero-order valence-electron chi connectivity index (χ0n) is 14.7. The van der Waals surface area contributed by atoms with Crippen LogP contribution < -0.4 is 10.6 Å². The summed E-state index contributed by atoms with van der Waals surface area (Å²) in [4.78, 5) is 38.2. The molecule has 2 saturated heterocycles. The number of furan rings is 1. The lowest BCUT2D eigenvalue weighted by Crippen LogP contribution is -2.48. The monoisotopic (exact) mass is 385 g/mol. The minimum atomic E-state index is -0.451. The zero-order chi connectivity index (χ0) is 19.0. The second kappa shape index (κ2) is 6.77. The van der Waals surface area contributed by atoms with E-state index in [4.69, 9.17) is 4.42 Å². The predicted molar refractivity (Wildman–Crippen MR) is 102 cm³/mol. The third-order valence-electron chi connectivity index (χ3n) is 4.90. The molecular formula is C19H19N3O4S. The quantitative estimate of drug-likeness (QED) is 0.844. The van der Waals surface area contributed by atoms with E-state index in [9.17, 15) is 14.4 Å². The van der Waals surface area contributed by atoms with Crippen LogP contribution in [0.1, 0.15) is 30.3 Å². The van der Waals surface area contributed by atoms with Crippen molar-refractivity contribution in [2.45, 2.75) is 30.7 Å². The summed E-state index contributed by atoms with van der Waals surface area (Å²) < 4.78 is 5.05. The topological polar surface area (TPSA) is 91.7 Å². The molecule has 0 radical (unpaired) electrons. The van der Waals surface area contributed by atoms with E-state index in [-0.39, 0.29) is 28.4 Å². The van der Waals surface area contributed by atoms with Crippen molar-refractivity contribution in [2.24, 2.45) is 0 Å². The summed E-state index contributed by atoms with van der Waals surface area (Å²) in [6, 6.07) is 9.59. The first-order valence-corrected chi connectivity index (χ1v) is 9.67. The number of amides is 3. The molecule has 27 heavy (non-hydrogen) atoms. The van der Waals surface area contributed by atoms with E-state index in [2.05, 4.69) is 10.6 Å². The van der Waals surface area contributed by atoms with E-state index in [1.807, 2.05) is 6.92 Å². The highest BCUT2D eigenvalue weighted by Gasteiger charge is 2.52. The Balaban J connectivity index is 1.39. The van der Waals surface area contributed by atoms with E-state index in [1.165, 1.54) is 6.26 Å². The molecule has 2 aliphatic rings. The number of benzene rings is 1. The minimum absolute atomic E-state index is 0.0404. The molecule has 2 fully saturated rings. The van der Waals surface area contributed by atoms with Crippen molar-refractivity contribution < 1.29 is 18.8 Å². The maximum absolute atomic E-state index is 12.7. The van der Waals surface area contributed by atoms with Gasteiger partial charge in [-0.3, -0.25) is 14.4 Å². The van der Waals surface area contributed by atoms with Gasteiger partial charge in [0.2, 0.25) is 11.8 Å². The lowest BCUT2D eigenvalue weighted by Gasteiger charge is -2.29. The van der Waals surface area contributed by atoms with Gasteiger partial charge in [-0.25, -0.2) is 0 Å². The van der Waals surface area contributed by atoms with Crippen LogP contribution >= 0.6 is 11.8 Å². The molecular weight excluding hydrogens is 366 g/mol. The molecule has 140 valence electrons. The van der Waals surface area contributed by atoms with Gasteiger partial charge in [-0.2, -0.15) is 0 Å². The molecule has 2 N–H and O–H groups in total. The highest BCUT2D eigenvalue weighted by Crippen LogP contribution is 2.47. The van der Waals surface area contributed by atoms with Gasteiger partial charge >= 0.3 is 0 Å². The van der Waals surface area contributed by atoms with Gasteiger partial charge in [0.05, 0.1) is 11.1 Å². The van der Waals surface area contributed by atoms with Crippen LogP contribution in [0, 0.1) is 0 Å². The molecule has 3 amide bonds. The number of rotatable bonds is 4. The number of anilines is 2.